The summed E-state index contributed by atoms with van der Waals surface area (Å²) in [6.45, 7) is 2.61. The van der Waals surface area contributed by atoms with Crippen LogP contribution in [-0.2, 0) is 12.8 Å². The molecule has 4 aliphatic rings. The van der Waals surface area contributed by atoms with Crippen LogP contribution >= 0.6 is 15.9 Å². The topological polar surface area (TPSA) is 21.3 Å². The van der Waals surface area contributed by atoms with Gasteiger partial charge in [0.1, 0.15) is 5.75 Å². The Kier molecular flexibility index (Phi) is 4.11. The predicted molar refractivity (Wildman–Crippen MR) is 122 cm³/mol. The molecular weight excluding hydrogens is 422 g/mol. The number of para-hydroxylation sites is 1. The number of anilines is 1. The molecule has 1 aliphatic heterocycles. The van der Waals surface area contributed by atoms with E-state index in [2.05, 4.69) is 64.6 Å². The fraction of sp³-hybridized carbons (Fsp3) is 0.538. The van der Waals surface area contributed by atoms with Crippen LogP contribution in [0, 0.1) is 23.2 Å². The van der Waals surface area contributed by atoms with Gasteiger partial charge in [0, 0.05) is 10.5 Å². The molecule has 1 heterocycles. The molecule has 3 heteroatoms. The van der Waals surface area contributed by atoms with E-state index in [0.29, 0.717) is 11.5 Å². The highest BCUT2D eigenvalue weighted by molar-refractivity contribution is 9.10. The van der Waals surface area contributed by atoms with Crippen molar-refractivity contribution < 1.29 is 4.74 Å². The summed E-state index contributed by atoms with van der Waals surface area (Å²) in [5.74, 6) is 4.22. The molecule has 1 N–H and O–H groups in total. The summed E-state index contributed by atoms with van der Waals surface area (Å²) in [5, 5.41) is 4.03. The predicted octanol–water partition coefficient (Wildman–Crippen LogP) is 6.58. The standard InChI is InChI=1S/C26H30BrNO/c1-26-11-10-20-19-9-7-18(29-2)13-15(19)6-8-21(20)22(26)14-17-12-16-4-3-5-23(27)24(16)28-25(17)26/h3-5,7,9,13,17,20-22,25,28H,6,8,10-12,14H2,1-2H3/t17-,20-,21-,22+,25+,26+/m1/s1. The maximum Gasteiger partial charge on any atom is 0.119 e. The van der Waals surface area contributed by atoms with Crippen molar-refractivity contribution in [2.24, 2.45) is 23.2 Å². The van der Waals surface area contributed by atoms with Crippen LogP contribution in [0.2, 0.25) is 0 Å². The zero-order chi connectivity index (χ0) is 19.8. The average Bonchev–Trinajstić information content (AvgIpc) is 3.04. The minimum Gasteiger partial charge on any atom is -0.497 e. The first-order valence-electron chi connectivity index (χ1n) is 11.3. The van der Waals surface area contributed by atoms with Gasteiger partial charge >= 0.3 is 0 Å². The number of rotatable bonds is 1. The molecule has 0 bridgehead atoms. The molecule has 29 heavy (non-hydrogen) atoms. The number of benzene rings is 2. The van der Waals surface area contributed by atoms with E-state index in [9.17, 15) is 0 Å². The number of hydrogen-bond donors (Lipinski definition) is 1. The van der Waals surface area contributed by atoms with E-state index in [1.807, 2.05) is 0 Å². The summed E-state index contributed by atoms with van der Waals surface area (Å²) in [7, 11) is 1.78. The van der Waals surface area contributed by atoms with Gasteiger partial charge in [-0.3, -0.25) is 0 Å². The van der Waals surface area contributed by atoms with Crippen LogP contribution in [0.25, 0.3) is 0 Å². The number of hydrogen-bond acceptors (Lipinski definition) is 2. The summed E-state index contributed by atoms with van der Waals surface area (Å²) in [4.78, 5) is 0. The number of methoxy groups -OCH3 is 1. The van der Waals surface area contributed by atoms with Crippen LogP contribution in [0.1, 0.15) is 55.2 Å². The van der Waals surface area contributed by atoms with Gasteiger partial charge in [0.25, 0.3) is 0 Å². The van der Waals surface area contributed by atoms with Crippen molar-refractivity contribution in [3.8, 4) is 5.75 Å². The molecule has 2 fully saturated rings. The van der Waals surface area contributed by atoms with Crippen LogP contribution in [0.5, 0.6) is 5.75 Å². The molecule has 2 saturated carbocycles. The minimum absolute atomic E-state index is 0.419. The highest BCUT2D eigenvalue weighted by Crippen LogP contribution is 2.64. The molecule has 3 aliphatic carbocycles. The van der Waals surface area contributed by atoms with Gasteiger partial charge in [0.05, 0.1) is 12.8 Å². The summed E-state index contributed by atoms with van der Waals surface area (Å²) >= 11 is 3.80. The largest absolute Gasteiger partial charge is 0.497 e. The van der Waals surface area contributed by atoms with E-state index in [1.165, 1.54) is 54.2 Å². The second-order valence-electron chi connectivity index (χ2n) is 10.1. The van der Waals surface area contributed by atoms with Crippen molar-refractivity contribution in [2.75, 3.05) is 12.4 Å². The van der Waals surface area contributed by atoms with E-state index in [4.69, 9.17) is 4.74 Å². The van der Waals surface area contributed by atoms with Crippen LogP contribution in [0.15, 0.2) is 40.9 Å². The van der Waals surface area contributed by atoms with Crippen molar-refractivity contribution in [3.63, 3.8) is 0 Å². The lowest BCUT2D eigenvalue weighted by molar-refractivity contribution is 0.0530. The fourth-order valence-electron chi connectivity index (χ4n) is 7.69. The molecule has 0 unspecified atom stereocenters. The maximum atomic E-state index is 5.49. The van der Waals surface area contributed by atoms with E-state index in [-0.39, 0.29) is 0 Å². The number of nitrogens with one attached hydrogen (secondary N) is 1. The van der Waals surface area contributed by atoms with Crippen molar-refractivity contribution in [1.29, 1.82) is 0 Å². The second-order valence-corrected chi connectivity index (χ2v) is 11.0. The Labute approximate surface area is 182 Å². The zero-order valence-electron chi connectivity index (χ0n) is 17.4. The highest BCUT2D eigenvalue weighted by atomic mass is 79.9. The first-order chi connectivity index (χ1) is 14.1. The second kappa shape index (κ2) is 6.51. The lowest BCUT2D eigenvalue weighted by Gasteiger charge is -2.51. The molecule has 0 radical (unpaired) electrons. The molecule has 0 amide bonds. The highest BCUT2D eigenvalue weighted by Gasteiger charge is 2.59. The van der Waals surface area contributed by atoms with Gasteiger partial charge in [-0.2, -0.15) is 0 Å². The first-order valence-corrected chi connectivity index (χ1v) is 12.1. The van der Waals surface area contributed by atoms with Gasteiger partial charge in [-0.1, -0.05) is 25.1 Å². The number of ether oxygens (including phenoxy) is 1. The van der Waals surface area contributed by atoms with E-state index in [0.717, 1.165) is 29.4 Å². The van der Waals surface area contributed by atoms with Gasteiger partial charge in [-0.25, -0.2) is 0 Å². The lowest BCUT2D eigenvalue weighted by atomic mass is 9.55. The van der Waals surface area contributed by atoms with Crippen LogP contribution in [0.3, 0.4) is 0 Å². The number of fused-ring (bicyclic) bond motifs is 8. The van der Waals surface area contributed by atoms with Crippen molar-refractivity contribution in [3.05, 3.63) is 57.6 Å². The monoisotopic (exact) mass is 451 g/mol. The number of halogens is 1. The molecule has 2 aromatic carbocycles. The Morgan fingerprint density at radius 1 is 1.14 bits per heavy atom. The molecular formula is C26H30BrNO. The Morgan fingerprint density at radius 3 is 2.90 bits per heavy atom. The Bertz CT molecular complexity index is 971. The SMILES string of the molecule is COc1ccc2c(c1)CC[C@@H]1[C@@H]2CC[C@@]2(C)[C@H]1C[C@H]1Cc3cccc(Br)c3N[C@@H]12. The molecule has 0 aromatic heterocycles. The van der Waals surface area contributed by atoms with Crippen molar-refractivity contribution in [2.45, 2.75) is 57.4 Å². The van der Waals surface area contributed by atoms with Gasteiger partial charge in [0.15, 0.2) is 0 Å². The molecule has 0 saturated heterocycles. The van der Waals surface area contributed by atoms with Gasteiger partial charge in [0.2, 0.25) is 0 Å². The third-order valence-corrected chi connectivity index (χ3v) is 9.65. The molecule has 2 aromatic rings. The van der Waals surface area contributed by atoms with Crippen molar-refractivity contribution >= 4 is 21.6 Å². The maximum absolute atomic E-state index is 5.49. The Balaban J connectivity index is 1.33. The number of aryl methyl sites for hydroxylation is 1. The van der Waals surface area contributed by atoms with Gasteiger partial charge in [-0.15, -0.1) is 0 Å². The summed E-state index contributed by atoms with van der Waals surface area (Å²) in [5.41, 5.74) is 6.44. The third kappa shape index (κ3) is 2.59. The zero-order valence-corrected chi connectivity index (χ0v) is 19.0. The summed E-state index contributed by atoms with van der Waals surface area (Å²) in [6.07, 6.45) is 7.88. The molecule has 6 atom stereocenters. The van der Waals surface area contributed by atoms with Gasteiger partial charge in [-0.05, 0) is 118 Å². The normalized spacial score (nSPS) is 36.7. The quantitative estimate of drug-likeness (QED) is 0.528. The fourth-order valence-corrected chi connectivity index (χ4v) is 8.21. The molecule has 152 valence electrons. The van der Waals surface area contributed by atoms with E-state index < -0.39 is 0 Å². The smallest absolute Gasteiger partial charge is 0.119 e. The Hall–Kier alpha value is -1.48. The molecule has 0 spiro atoms. The summed E-state index contributed by atoms with van der Waals surface area (Å²) < 4.78 is 6.73. The third-order valence-electron chi connectivity index (χ3n) is 8.99. The average molecular weight is 452 g/mol. The van der Waals surface area contributed by atoms with E-state index >= 15 is 0 Å². The van der Waals surface area contributed by atoms with Crippen molar-refractivity contribution in [1.82, 2.24) is 0 Å². The van der Waals surface area contributed by atoms with E-state index in [1.54, 1.807) is 18.2 Å². The van der Waals surface area contributed by atoms with Crippen LogP contribution < -0.4 is 10.1 Å². The molecule has 2 nitrogen and oxygen atoms in total. The molecule has 6 rings (SSSR count). The lowest BCUT2D eigenvalue weighted by Crippen LogP contribution is -2.48. The first kappa shape index (κ1) is 18.3. The Morgan fingerprint density at radius 2 is 2.03 bits per heavy atom. The van der Waals surface area contributed by atoms with Crippen LogP contribution in [0.4, 0.5) is 5.69 Å². The minimum atomic E-state index is 0.419. The van der Waals surface area contributed by atoms with Crippen LogP contribution in [-0.4, -0.2) is 13.2 Å². The summed E-state index contributed by atoms with van der Waals surface area (Å²) in [6, 6.07) is 14.2. The van der Waals surface area contributed by atoms with Gasteiger partial charge < -0.3 is 10.1 Å².